The fourth-order valence-electron chi connectivity index (χ4n) is 2.15. The molecular formula is C12H15N5O6S2. The summed E-state index contributed by atoms with van der Waals surface area (Å²) in [7, 11) is -3.38. The highest BCUT2D eigenvalue weighted by atomic mass is 32.2. The minimum Gasteiger partial charge on any atom is -0.480 e. The minimum atomic E-state index is -4.63. The second-order valence-corrected chi connectivity index (χ2v) is 8.33. The highest BCUT2D eigenvalue weighted by molar-refractivity contribution is 8.05. The van der Waals surface area contributed by atoms with Crippen LogP contribution in [0.25, 0.3) is 0 Å². The maximum Gasteiger partial charge on any atom is 0.335 e. The first-order chi connectivity index (χ1) is 11.5. The Bertz CT molecular complexity index is 858. The van der Waals surface area contributed by atoms with Crippen LogP contribution >= 0.6 is 11.8 Å². The van der Waals surface area contributed by atoms with Crippen LogP contribution in [-0.4, -0.2) is 57.6 Å². The van der Waals surface area contributed by atoms with E-state index in [-0.39, 0.29) is 16.1 Å². The molecule has 1 aromatic rings. The Morgan fingerprint density at radius 1 is 1.40 bits per heavy atom. The molecule has 2 unspecified atom stereocenters. The van der Waals surface area contributed by atoms with Gasteiger partial charge in [0.1, 0.15) is 15.8 Å². The molecule has 13 heteroatoms. The van der Waals surface area contributed by atoms with Crippen LogP contribution in [0.2, 0.25) is 0 Å². The zero-order valence-electron chi connectivity index (χ0n) is 13.4. The standard InChI is InChI=1S/C12H15N5O6S2/c1-6-14-10(16-11(15-6)23-3)17(9(13)20)25(21,22)12(2)4-5-24-7(12)8(18)19/h4-5,7H,1-3H3,(H2,13,20)(H,18,19). The van der Waals surface area contributed by atoms with Crippen LogP contribution in [0.4, 0.5) is 10.7 Å². The van der Waals surface area contributed by atoms with Crippen molar-refractivity contribution in [1.82, 2.24) is 15.0 Å². The summed E-state index contributed by atoms with van der Waals surface area (Å²) in [5, 5.41) is 9.28. The lowest BCUT2D eigenvalue weighted by Crippen LogP contribution is -2.56. The zero-order chi connectivity index (χ0) is 19.0. The molecule has 2 amide bonds. The molecule has 0 bridgehead atoms. The number of thioether (sulfide) groups is 1. The highest BCUT2D eigenvalue weighted by Gasteiger charge is 2.55. The number of amides is 2. The maximum atomic E-state index is 13.1. The molecule has 3 N–H and O–H groups in total. The number of carbonyl (C=O) groups excluding carboxylic acids is 1. The van der Waals surface area contributed by atoms with Gasteiger partial charge in [-0.3, -0.25) is 4.79 Å². The van der Waals surface area contributed by atoms with Crippen LogP contribution in [0.3, 0.4) is 0 Å². The molecule has 0 spiro atoms. The van der Waals surface area contributed by atoms with E-state index in [2.05, 4.69) is 15.0 Å². The van der Waals surface area contributed by atoms with Crippen molar-refractivity contribution in [3.8, 4) is 6.01 Å². The Kier molecular flexibility index (Phi) is 4.90. The predicted molar refractivity (Wildman–Crippen MR) is 88.7 cm³/mol. The van der Waals surface area contributed by atoms with Crippen molar-refractivity contribution < 1.29 is 27.9 Å². The number of aryl methyl sites for hydroxylation is 1. The third-order valence-electron chi connectivity index (χ3n) is 3.43. The second-order valence-electron chi connectivity index (χ2n) is 5.12. The number of urea groups is 1. The van der Waals surface area contributed by atoms with E-state index in [1.807, 2.05) is 0 Å². The van der Waals surface area contributed by atoms with Crippen molar-refractivity contribution in [2.75, 3.05) is 11.4 Å². The van der Waals surface area contributed by atoms with Crippen molar-refractivity contribution in [3.63, 3.8) is 0 Å². The average Bonchev–Trinajstić information content (AvgIpc) is 2.90. The third kappa shape index (κ3) is 3.11. The first-order valence-electron chi connectivity index (χ1n) is 6.71. The number of carboxylic acid groups (broad SMARTS) is 1. The summed E-state index contributed by atoms with van der Waals surface area (Å²) < 4.78 is 29.2. The van der Waals surface area contributed by atoms with E-state index in [1.54, 1.807) is 0 Å². The molecule has 0 fully saturated rings. The lowest BCUT2D eigenvalue weighted by atomic mass is 10.1. The molecule has 136 valence electrons. The van der Waals surface area contributed by atoms with Crippen molar-refractivity contribution in [1.29, 1.82) is 0 Å². The number of ether oxygens (including phenoxy) is 1. The molecule has 25 heavy (non-hydrogen) atoms. The smallest absolute Gasteiger partial charge is 0.335 e. The molecule has 2 heterocycles. The largest absolute Gasteiger partial charge is 0.480 e. The SMILES string of the molecule is COc1nc(C)nc(N(C(N)=O)S(=O)(=O)C2(C)C=CSC2C(=O)O)n1. The minimum absolute atomic E-state index is 0.0829. The van der Waals surface area contributed by atoms with Crippen LogP contribution in [0.5, 0.6) is 6.01 Å². The number of anilines is 1. The van der Waals surface area contributed by atoms with Gasteiger partial charge in [-0.15, -0.1) is 11.8 Å². The molecule has 0 aliphatic carbocycles. The Balaban J connectivity index is 2.64. The van der Waals surface area contributed by atoms with Crippen LogP contribution < -0.4 is 14.8 Å². The number of carboxylic acids is 1. The van der Waals surface area contributed by atoms with Crippen molar-refractivity contribution >= 4 is 39.7 Å². The predicted octanol–water partition coefficient (Wildman–Crippen LogP) is -0.124. The van der Waals surface area contributed by atoms with E-state index in [9.17, 15) is 23.1 Å². The number of aromatic nitrogens is 3. The van der Waals surface area contributed by atoms with Crippen molar-refractivity contribution in [2.24, 2.45) is 5.73 Å². The van der Waals surface area contributed by atoms with Gasteiger partial charge in [0.05, 0.1) is 7.11 Å². The van der Waals surface area contributed by atoms with E-state index in [0.29, 0.717) is 0 Å². The van der Waals surface area contributed by atoms with Crippen LogP contribution in [0, 0.1) is 6.92 Å². The number of carbonyl (C=O) groups is 2. The number of sulfonamides is 1. The zero-order valence-corrected chi connectivity index (χ0v) is 15.0. The monoisotopic (exact) mass is 389 g/mol. The van der Waals surface area contributed by atoms with Crippen LogP contribution in [0.1, 0.15) is 12.7 Å². The molecule has 0 saturated heterocycles. The molecule has 2 rings (SSSR count). The van der Waals surface area contributed by atoms with Gasteiger partial charge in [0.25, 0.3) is 16.0 Å². The maximum absolute atomic E-state index is 13.1. The normalized spacial score (nSPS) is 22.6. The molecule has 1 aliphatic rings. The molecule has 11 nitrogen and oxygen atoms in total. The lowest BCUT2D eigenvalue weighted by molar-refractivity contribution is -0.136. The van der Waals surface area contributed by atoms with E-state index >= 15 is 0 Å². The molecule has 1 aliphatic heterocycles. The van der Waals surface area contributed by atoms with E-state index in [0.717, 1.165) is 11.8 Å². The number of hydrogen-bond donors (Lipinski definition) is 2. The van der Waals surface area contributed by atoms with Gasteiger partial charge in [0.15, 0.2) is 0 Å². The van der Waals surface area contributed by atoms with Gasteiger partial charge in [-0.2, -0.15) is 19.3 Å². The topological polar surface area (TPSA) is 166 Å². The van der Waals surface area contributed by atoms with Crippen LogP contribution in [0.15, 0.2) is 11.5 Å². The van der Waals surface area contributed by atoms with E-state index < -0.39 is 38.0 Å². The summed E-state index contributed by atoms with van der Waals surface area (Å²) in [5.41, 5.74) is 5.23. The lowest BCUT2D eigenvalue weighted by Gasteiger charge is -2.31. The average molecular weight is 389 g/mol. The Hall–Kier alpha value is -2.41. The summed E-state index contributed by atoms with van der Waals surface area (Å²) in [6, 6.07) is -1.61. The van der Waals surface area contributed by atoms with Crippen LogP contribution in [-0.2, 0) is 14.8 Å². The second kappa shape index (κ2) is 6.48. The number of aliphatic carboxylic acids is 1. The fraction of sp³-hybridized carbons (Fsp3) is 0.417. The number of primary amides is 1. The molecule has 0 saturated carbocycles. The molecular weight excluding hydrogens is 374 g/mol. The number of nitrogens with two attached hydrogens (primary N) is 1. The van der Waals surface area contributed by atoms with Gasteiger partial charge >= 0.3 is 18.0 Å². The summed E-state index contributed by atoms with van der Waals surface area (Å²) in [5.74, 6) is -1.85. The molecule has 2 atom stereocenters. The Morgan fingerprint density at radius 2 is 2.04 bits per heavy atom. The van der Waals surface area contributed by atoms with Gasteiger partial charge in [0.2, 0.25) is 0 Å². The number of rotatable bonds is 5. The van der Waals surface area contributed by atoms with Gasteiger partial charge in [0, 0.05) is 0 Å². The van der Waals surface area contributed by atoms with Gasteiger partial charge in [-0.1, -0.05) is 6.08 Å². The summed E-state index contributed by atoms with van der Waals surface area (Å²) in [6.45, 7) is 2.62. The fourth-order valence-corrected chi connectivity index (χ4v) is 5.29. The number of methoxy groups -OCH3 is 1. The summed E-state index contributed by atoms with van der Waals surface area (Å²) in [4.78, 5) is 34.7. The molecule has 0 radical (unpaired) electrons. The molecule has 0 aromatic carbocycles. The summed E-state index contributed by atoms with van der Waals surface area (Å²) >= 11 is 0.804. The Morgan fingerprint density at radius 3 is 2.56 bits per heavy atom. The first kappa shape index (κ1) is 18.9. The Labute approximate surface area is 147 Å². The number of nitrogens with zero attached hydrogens (tertiary/aromatic N) is 4. The quantitative estimate of drug-likeness (QED) is 0.693. The van der Waals surface area contributed by atoms with Crippen molar-refractivity contribution in [2.45, 2.75) is 23.8 Å². The van der Waals surface area contributed by atoms with Gasteiger partial charge < -0.3 is 15.6 Å². The van der Waals surface area contributed by atoms with E-state index in [4.69, 9.17) is 10.5 Å². The highest BCUT2D eigenvalue weighted by Crippen LogP contribution is 2.41. The summed E-state index contributed by atoms with van der Waals surface area (Å²) in [6.07, 6.45) is 1.19. The van der Waals surface area contributed by atoms with Gasteiger partial charge in [-0.05, 0) is 19.3 Å². The van der Waals surface area contributed by atoms with Gasteiger partial charge in [-0.25, -0.2) is 13.2 Å². The number of hydrogen-bond acceptors (Lipinski definition) is 9. The van der Waals surface area contributed by atoms with Crippen molar-refractivity contribution in [3.05, 3.63) is 17.3 Å². The first-order valence-corrected chi connectivity index (χ1v) is 9.10. The third-order valence-corrected chi connectivity index (χ3v) is 7.15. The van der Waals surface area contributed by atoms with E-state index in [1.165, 1.54) is 32.4 Å². The molecule has 1 aromatic heterocycles.